The Kier molecular flexibility index (Phi) is 3.40. The van der Waals surface area contributed by atoms with Crippen molar-refractivity contribution in [2.75, 3.05) is 7.05 Å². The number of aromatic nitrogens is 1. The molecular weight excluding hydrogens is 234 g/mol. The van der Waals surface area contributed by atoms with Gasteiger partial charge in [-0.15, -0.1) is 11.3 Å². The first kappa shape index (κ1) is 12.0. The van der Waals surface area contributed by atoms with E-state index in [1.807, 2.05) is 24.3 Å². The molecule has 1 unspecified atom stereocenters. The third-order valence-corrected chi connectivity index (χ3v) is 3.50. The van der Waals surface area contributed by atoms with Gasteiger partial charge in [-0.1, -0.05) is 12.1 Å². The number of fused-ring (bicyclic) bond motifs is 1. The van der Waals surface area contributed by atoms with Crippen LogP contribution < -0.4 is 5.73 Å². The minimum atomic E-state index is -0.464. The van der Waals surface area contributed by atoms with Crippen molar-refractivity contribution < 1.29 is 4.79 Å². The van der Waals surface area contributed by atoms with Crippen molar-refractivity contribution in [1.82, 2.24) is 9.88 Å². The number of carbonyl (C=O) groups is 1. The summed E-state index contributed by atoms with van der Waals surface area (Å²) in [6.45, 7) is 2.21. The molecule has 2 N–H and O–H groups in total. The lowest BCUT2D eigenvalue weighted by Crippen LogP contribution is -2.39. The fourth-order valence-corrected chi connectivity index (χ4v) is 2.64. The third kappa shape index (κ3) is 2.62. The highest BCUT2D eigenvalue weighted by molar-refractivity contribution is 7.18. The predicted molar refractivity (Wildman–Crippen MR) is 69.7 cm³/mol. The maximum absolute atomic E-state index is 11.6. The second kappa shape index (κ2) is 4.81. The minimum Gasteiger partial charge on any atom is -0.338 e. The Labute approximate surface area is 104 Å². The van der Waals surface area contributed by atoms with Crippen LogP contribution in [-0.2, 0) is 11.3 Å². The topological polar surface area (TPSA) is 59.2 Å². The number of hydrogen-bond acceptors (Lipinski definition) is 4. The van der Waals surface area contributed by atoms with Crippen LogP contribution in [0.4, 0.5) is 0 Å². The van der Waals surface area contributed by atoms with Crippen LogP contribution in [-0.4, -0.2) is 28.9 Å². The Bertz CT molecular complexity index is 502. The maximum Gasteiger partial charge on any atom is 0.239 e. The van der Waals surface area contributed by atoms with Crippen LogP contribution >= 0.6 is 11.3 Å². The van der Waals surface area contributed by atoms with E-state index in [-0.39, 0.29) is 5.91 Å². The van der Waals surface area contributed by atoms with Crippen molar-refractivity contribution in [3.63, 3.8) is 0 Å². The molecule has 90 valence electrons. The predicted octanol–water partition coefficient (Wildman–Crippen LogP) is 1.60. The maximum atomic E-state index is 11.6. The van der Waals surface area contributed by atoms with Crippen molar-refractivity contribution in [1.29, 1.82) is 0 Å². The van der Waals surface area contributed by atoms with Gasteiger partial charge in [0.2, 0.25) is 5.91 Å². The molecule has 2 rings (SSSR count). The van der Waals surface area contributed by atoms with Crippen molar-refractivity contribution in [3.8, 4) is 0 Å². The Morgan fingerprint density at radius 2 is 2.24 bits per heavy atom. The van der Waals surface area contributed by atoms with Gasteiger partial charge in [0, 0.05) is 7.05 Å². The van der Waals surface area contributed by atoms with Crippen molar-refractivity contribution in [2.24, 2.45) is 5.73 Å². The first-order valence-electron chi connectivity index (χ1n) is 5.43. The molecule has 0 aliphatic rings. The molecule has 0 aliphatic heterocycles. The molecule has 1 amide bonds. The summed E-state index contributed by atoms with van der Waals surface area (Å²) >= 11 is 1.61. The molecule has 0 saturated carbocycles. The van der Waals surface area contributed by atoms with Gasteiger partial charge in [-0.05, 0) is 19.1 Å². The van der Waals surface area contributed by atoms with Crippen LogP contribution in [0.25, 0.3) is 10.2 Å². The van der Waals surface area contributed by atoms with Crippen LogP contribution in [0, 0.1) is 0 Å². The summed E-state index contributed by atoms with van der Waals surface area (Å²) in [7, 11) is 1.75. The Morgan fingerprint density at radius 1 is 1.53 bits per heavy atom. The second-order valence-corrected chi connectivity index (χ2v) is 5.17. The first-order valence-corrected chi connectivity index (χ1v) is 6.24. The quantitative estimate of drug-likeness (QED) is 0.899. The Balaban J connectivity index is 2.16. The zero-order chi connectivity index (χ0) is 12.4. The lowest BCUT2D eigenvalue weighted by Gasteiger charge is -2.17. The number of nitrogens with zero attached hydrogens (tertiary/aromatic N) is 2. The largest absolute Gasteiger partial charge is 0.338 e. The van der Waals surface area contributed by atoms with Crippen molar-refractivity contribution >= 4 is 27.5 Å². The van der Waals surface area contributed by atoms with Gasteiger partial charge in [-0.2, -0.15) is 0 Å². The first-order chi connectivity index (χ1) is 8.08. The summed E-state index contributed by atoms with van der Waals surface area (Å²) in [6.07, 6.45) is 0. The zero-order valence-electron chi connectivity index (χ0n) is 9.88. The highest BCUT2D eigenvalue weighted by Crippen LogP contribution is 2.22. The van der Waals surface area contributed by atoms with E-state index in [0.29, 0.717) is 6.54 Å². The number of nitrogens with two attached hydrogens (primary N) is 1. The van der Waals surface area contributed by atoms with Gasteiger partial charge in [0.25, 0.3) is 0 Å². The fourth-order valence-electron chi connectivity index (χ4n) is 1.62. The summed E-state index contributed by atoms with van der Waals surface area (Å²) < 4.78 is 1.14. The zero-order valence-corrected chi connectivity index (χ0v) is 10.7. The van der Waals surface area contributed by atoms with E-state index in [1.54, 1.807) is 30.2 Å². The van der Waals surface area contributed by atoms with Crippen molar-refractivity contribution in [2.45, 2.75) is 19.5 Å². The highest BCUT2D eigenvalue weighted by Gasteiger charge is 2.15. The SMILES string of the molecule is CC(N)C(=O)N(C)Cc1nc2ccccc2s1. The second-order valence-electron chi connectivity index (χ2n) is 4.06. The molecule has 1 aromatic carbocycles. The summed E-state index contributed by atoms with van der Waals surface area (Å²) in [4.78, 5) is 17.7. The number of rotatable bonds is 3. The number of hydrogen-bond donors (Lipinski definition) is 1. The average Bonchev–Trinajstić information content (AvgIpc) is 2.69. The van der Waals surface area contributed by atoms with E-state index >= 15 is 0 Å². The minimum absolute atomic E-state index is 0.0655. The van der Waals surface area contributed by atoms with E-state index in [0.717, 1.165) is 15.2 Å². The molecule has 0 aliphatic carbocycles. The molecule has 0 spiro atoms. The number of thiazole rings is 1. The van der Waals surface area contributed by atoms with Crippen molar-refractivity contribution in [3.05, 3.63) is 29.3 Å². The van der Waals surface area contributed by atoms with Crippen LogP contribution in [0.3, 0.4) is 0 Å². The summed E-state index contributed by atoms with van der Waals surface area (Å²) in [6, 6.07) is 7.49. The molecule has 0 saturated heterocycles. The summed E-state index contributed by atoms with van der Waals surface area (Å²) in [5, 5.41) is 0.933. The molecule has 1 aromatic heterocycles. The number of amides is 1. The molecule has 1 atom stereocenters. The summed E-state index contributed by atoms with van der Waals surface area (Å²) in [5.41, 5.74) is 6.54. The number of benzene rings is 1. The van der Waals surface area contributed by atoms with E-state index in [4.69, 9.17) is 5.73 Å². The van der Waals surface area contributed by atoms with Crippen LogP contribution in [0.1, 0.15) is 11.9 Å². The lowest BCUT2D eigenvalue weighted by atomic mass is 10.3. The monoisotopic (exact) mass is 249 g/mol. The molecule has 4 nitrogen and oxygen atoms in total. The highest BCUT2D eigenvalue weighted by atomic mass is 32.1. The van der Waals surface area contributed by atoms with Gasteiger partial charge in [-0.3, -0.25) is 4.79 Å². The molecule has 1 heterocycles. The van der Waals surface area contributed by atoms with E-state index in [2.05, 4.69) is 4.98 Å². The standard InChI is InChI=1S/C12H15N3OS/c1-8(13)12(16)15(2)7-11-14-9-5-3-4-6-10(9)17-11/h3-6,8H,7,13H2,1-2H3. The van der Waals surface area contributed by atoms with E-state index in [1.165, 1.54) is 0 Å². The van der Waals surface area contributed by atoms with E-state index in [9.17, 15) is 4.79 Å². The molecule has 5 heteroatoms. The number of para-hydroxylation sites is 1. The van der Waals surface area contributed by atoms with Crippen LogP contribution in [0.15, 0.2) is 24.3 Å². The Hall–Kier alpha value is -1.46. The summed E-state index contributed by atoms with van der Waals surface area (Å²) in [5.74, 6) is -0.0655. The number of likely N-dealkylation sites (N-methyl/N-ethyl adjacent to an activating group) is 1. The Morgan fingerprint density at radius 3 is 2.88 bits per heavy atom. The third-order valence-electron chi connectivity index (χ3n) is 2.48. The van der Waals surface area contributed by atoms with Crippen LogP contribution in [0.5, 0.6) is 0 Å². The van der Waals surface area contributed by atoms with Gasteiger partial charge in [-0.25, -0.2) is 4.98 Å². The van der Waals surface area contributed by atoms with Crippen LogP contribution in [0.2, 0.25) is 0 Å². The lowest BCUT2D eigenvalue weighted by molar-refractivity contribution is -0.131. The molecule has 0 fully saturated rings. The van der Waals surface area contributed by atoms with Gasteiger partial charge in [0.15, 0.2) is 0 Å². The molecular formula is C12H15N3OS. The van der Waals surface area contributed by atoms with Gasteiger partial charge in [0.1, 0.15) is 5.01 Å². The number of carbonyl (C=O) groups excluding carboxylic acids is 1. The molecule has 0 radical (unpaired) electrons. The van der Waals surface area contributed by atoms with Gasteiger partial charge >= 0.3 is 0 Å². The van der Waals surface area contributed by atoms with Gasteiger partial charge in [0.05, 0.1) is 22.8 Å². The van der Waals surface area contributed by atoms with Gasteiger partial charge < -0.3 is 10.6 Å². The molecule has 0 bridgehead atoms. The normalized spacial score (nSPS) is 12.6. The fraction of sp³-hybridized carbons (Fsp3) is 0.333. The average molecular weight is 249 g/mol. The smallest absolute Gasteiger partial charge is 0.239 e. The molecule has 2 aromatic rings. The molecule has 17 heavy (non-hydrogen) atoms. The van der Waals surface area contributed by atoms with E-state index < -0.39 is 6.04 Å².